The molecule has 2 aromatic rings. The summed E-state index contributed by atoms with van der Waals surface area (Å²) in [5.74, 6) is 2.45. The Morgan fingerprint density at radius 1 is 0.655 bits per heavy atom. The third kappa shape index (κ3) is 3.74. The number of carbonyl (C=O) groups excluding carboxylic acids is 2. The lowest BCUT2D eigenvalue weighted by Gasteiger charge is -2.55. The Morgan fingerprint density at radius 3 is 1.62 bits per heavy atom. The van der Waals surface area contributed by atoms with E-state index in [1.807, 2.05) is 54.6 Å². The van der Waals surface area contributed by atoms with Crippen molar-refractivity contribution in [1.82, 2.24) is 0 Å². The summed E-state index contributed by atoms with van der Waals surface area (Å²) in [6.45, 7) is 0. The third-order valence-corrected chi connectivity index (χ3v) is 6.95. The molecule has 4 aliphatic rings. The zero-order valence-corrected chi connectivity index (χ0v) is 16.5. The van der Waals surface area contributed by atoms with Gasteiger partial charge in [-0.25, -0.2) is 4.79 Å². The molecule has 6 rings (SSSR count). The molecule has 2 aromatic carbocycles. The van der Waals surface area contributed by atoms with Gasteiger partial charge in [0.25, 0.3) is 0 Å². The van der Waals surface area contributed by atoms with Crippen molar-refractivity contribution >= 4 is 29.0 Å². The van der Waals surface area contributed by atoms with Crippen molar-refractivity contribution < 1.29 is 9.59 Å². The second-order valence-electron chi connectivity index (χ2n) is 9.17. The van der Waals surface area contributed by atoms with Gasteiger partial charge in [0.1, 0.15) is 0 Å². The van der Waals surface area contributed by atoms with Crippen LogP contribution in [0.4, 0.5) is 21.9 Å². The molecular weight excluding hydrogens is 362 g/mol. The Labute approximate surface area is 171 Å². The van der Waals surface area contributed by atoms with E-state index in [9.17, 15) is 9.59 Å². The minimum atomic E-state index is -0.290. The quantitative estimate of drug-likeness (QED) is 0.647. The van der Waals surface area contributed by atoms with Crippen LogP contribution in [0.15, 0.2) is 54.6 Å². The van der Waals surface area contributed by atoms with Gasteiger partial charge in [0, 0.05) is 17.1 Å². The van der Waals surface area contributed by atoms with Gasteiger partial charge in [-0.05, 0) is 92.7 Å². The van der Waals surface area contributed by atoms with E-state index in [1.165, 1.54) is 19.3 Å². The predicted molar refractivity (Wildman–Crippen MR) is 115 cm³/mol. The van der Waals surface area contributed by atoms with Crippen LogP contribution in [0.1, 0.15) is 38.5 Å². The van der Waals surface area contributed by atoms with Crippen LogP contribution in [0, 0.1) is 23.2 Å². The normalized spacial score (nSPS) is 29.3. The minimum absolute atomic E-state index is 0.152. The molecule has 150 valence electrons. The highest BCUT2D eigenvalue weighted by molar-refractivity contribution is 6.00. The lowest BCUT2D eigenvalue weighted by Crippen LogP contribution is -2.51. The number of benzene rings is 2. The predicted octanol–water partition coefficient (Wildman–Crippen LogP) is 5.49. The zero-order chi connectivity index (χ0) is 19.8. The Bertz CT molecular complexity index is 872. The zero-order valence-electron chi connectivity index (χ0n) is 16.5. The molecular formula is C24H27N3O2. The molecule has 4 aliphatic carbocycles. The number of hydrogen-bond donors (Lipinski definition) is 3. The lowest BCUT2D eigenvalue weighted by atomic mass is 9.49. The van der Waals surface area contributed by atoms with E-state index in [2.05, 4.69) is 16.0 Å². The summed E-state index contributed by atoms with van der Waals surface area (Å²) in [7, 11) is 0. The summed E-state index contributed by atoms with van der Waals surface area (Å²) < 4.78 is 0. The van der Waals surface area contributed by atoms with Crippen molar-refractivity contribution in [3.8, 4) is 0 Å². The van der Waals surface area contributed by atoms with Crippen molar-refractivity contribution in [2.24, 2.45) is 23.2 Å². The van der Waals surface area contributed by atoms with Gasteiger partial charge in [0.15, 0.2) is 0 Å². The average molecular weight is 389 g/mol. The monoisotopic (exact) mass is 389 g/mol. The summed E-state index contributed by atoms with van der Waals surface area (Å²) in [5, 5.41) is 8.76. The van der Waals surface area contributed by atoms with Crippen molar-refractivity contribution in [3.63, 3.8) is 0 Å². The number of para-hydroxylation sites is 1. The van der Waals surface area contributed by atoms with Crippen molar-refractivity contribution in [2.45, 2.75) is 38.5 Å². The molecule has 29 heavy (non-hydrogen) atoms. The molecule has 0 radical (unpaired) electrons. The van der Waals surface area contributed by atoms with Gasteiger partial charge < -0.3 is 16.0 Å². The molecule has 4 bridgehead atoms. The van der Waals surface area contributed by atoms with Crippen molar-refractivity contribution in [1.29, 1.82) is 0 Å². The molecule has 0 aromatic heterocycles. The minimum Gasteiger partial charge on any atom is -0.326 e. The maximum atomic E-state index is 13.1. The van der Waals surface area contributed by atoms with Gasteiger partial charge in [0.05, 0.1) is 5.41 Å². The van der Waals surface area contributed by atoms with Gasteiger partial charge in [-0.2, -0.15) is 0 Å². The average Bonchev–Trinajstić information content (AvgIpc) is 2.69. The molecule has 4 fully saturated rings. The van der Waals surface area contributed by atoms with Gasteiger partial charge in [0.2, 0.25) is 5.91 Å². The number of rotatable bonds is 4. The molecule has 0 atom stereocenters. The molecule has 0 heterocycles. The fraction of sp³-hybridized carbons (Fsp3) is 0.417. The number of nitrogens with one attached hydrogen (secondary N) is 3. The second-order valence-corrected chi connectivity index (χ2v) is 9.17. The van der Waals surface area contributed by atoms with E-state index < -0.39 is 0 Å². The molecule has 0 aliphatic heterocycles. The third-order valence-electron chi connectivity index (χ3n) is 6.95. The standard InChI is InChI=1S/C24H27N3O2/c28-22(24-13-16-10-17(14-24)12-18(11-16)15-24)25-20-6-8-21(9-7-20)27-23(29)26-19-4-2-1-3-5-19/h1-9,16-18H,10-15H2,(H,25,28)(H2,26,27,29). The molecule has 0 saturated heterocycles. The smallest absolute Gasteiger partial charge is 0.323 e. The first-order valence-electron chi connectivity index (χ1n) is 10.6. The summed E-state index contributed by atoms with van der Waals surface area (Å²) >= 11 is 0. The summed E-state index contributed by atoms with van der Waals surface area (Å²) in [6.07, 6.45) is 7.17. The van der Waals surface area contributed by atoms with Crippen molar-refractivity contribution in [3.05, 3.63) is 54.6 Å². The van der Waals surface area contributed by atoms with E-state index in [0.29, 0.717) is 5.69 Å². The highest BCUT2D eigenvalue weighted by Crippen LogP contribution is 2.60. The van der Waals surface area contributed by atoms with Crippen LogP contribution in [-0.2, 0) is 4.79 Å². The Hall–Kier alpha value is -2.82. The van der Waals surface area contributed by atoms with E-state index in [0.717, 1.165) is 48.4 Å². The largest absolute Gasteiger partial charge is 0.326 e. The molecule has 4 saturated carbocycles. The van der Waals surface area contributed by atoms with E-state index in [-0.39, 0.29) is 17.4 Å². The summed E-state index contributed by atoms with van der Waals surface area (Å²) in [6, 6.07) is 16.4. The fourth-order valence-electron chi connectivity index (χ4n) is 6.10. The Balaban J connectivity index is 1.20. The highest BCUT2D eigenvalue weighted by atomic mass is 16.2. The first-order valence-corrected chi connectivity index (χ1v) is 10.6. The number of amides is 3. The number of carbonyl (C=O) groups is 2. The van der Waals surface area contributed by atoms with Crippen molar-refractivity contribution in [2.75, 3.05) is 16.0 Å². The van der Waals surface area contributed by atoms with Gasteiger partial charge >= 0.3 is 6.03 Å². The fourth-order valence-corrected chi connectivity index (χ4v) is 6.10. The van der Waals surface area contributed by atoms with Crippen LogP contribution in [-0.4, -0.2) is 11.9 Å². The van der Waals surface area contributed by atoms with Crippen LogP contribution in [0.2, 0.25) is 0 Å². The van der Waals surface area contributed by atoms with Gasteiger partial charge in [-0.15, -0.1) is 0 Å². The molecule has 5 heteroatoms. The molecule has 0 spiro atoms. The summed E-state index contributed by atoms with van der Waals surface area (Å²) in [4.78, 5) is 25.3. The summed E-state index contributed by atoms with van der Waals surface area (Å²) in [5.41, 5.74) is 2.07. The van der Waals surface area contributed by atoms with Gasteiger partial charge in [-0.3, -0.25) is 4.79 Å². The Morgan fingerprint density at radius 2 is 1.10 bits per heavy atom. The van der Waals surface area contributed by atoms with Crippen LogP contribution in [0.3, 0.4) is 0 Å². The first kappa shape index (κ1) is 18.2. The van der Waals surface area contributed by atoms with E-state index >= 15 is 0 Å². The SMILES string of the molecule is O=C(Nc1ccccc1)Nc1ccc(NC(=O)C23CC4CC(CC(C4)C2)C3)cc1. The number of hydrogen-bond acceptors (Lipinski definition) is 2. The maximum absolute atomic E-state index is 13.1. The first-order chi connectivity index (χ1) is 14.1. The molecule has 5 nitrogen and oxygen atoms in total. The van der Waals surface area contributed by atoms with Crippen LogP contribution in [0.25, 0.3) is 0 Å². The van der Waals surface area contributed by atoms with Crippen LogP contribution >= 0.6 is 0 Å². The van der Waals surface area contributed by atoms with Crippen LogP contribution in [0.5, 0.6) is 0 Å². The topological polar surface area (TPSA) is 70.2 Å². The van der Waals surface area contributed by atoms with E-state index in [4.69, 9.17) is 0 Å². The second kappa shape index (κ2) is 7.21. The van der Waals surface area contributed by atoms with Gasteiger partial charge in [-0.1, -0.05) is 18.2 Å². The molecule has 0 unspecified atom stereocenters. The number of urea groups is 1. The lowest BCUT2D eigenvalue weighted by molar-refractivity contribution is -0.140. The highest BCUT2D eigenvalue weighted by Gasteiger charge is 2.54. The number of anilines is 3. The molecule has 3 N–H and O–H groups in total. The maximum Gasteiger partial charge on any atom is 0.323 e. The Kier molecular flexibility index (Phi) is 4.53. The van der Waals surface area contributed by atoms with E-state index in [1.54, 1.807) is 0 Å². The van der Waals surface area contributed by atoms with Crippen LogP contribution < -0.4 is 16.0 Å². The molecule has 3 amide bonds.